The molecule has 2 N–H and O–H groups in total. The molecule has 11 heteroatoms. The molecule has 0 unspecified atom stereocenters. The van der Waals surface area contributed by atoms with Gasteiger partial charge in [0, 0.05) is 14.2 Å². The summed E-state index contributed by atoms with van der Waals surface area (Å²) < 4.78 is 74.0. The lowest BCUT2D eigenvalue weighted by atomic mass is 10.4. The summed E-state index contributed by atoms with van der Waals surface area (Å²) in [6.45, 7) is 0. The first-order valence-corrected chi connectivity index (χ1v) is 11.5. The Kier molecular flexibility index (Phi) is 5.49. The molecule has 0 atom stereocenters. The molecule has 0 aliphatic rings. The highest BCUT2D eigenvalue weighted by Gasteiger charge is 2.41. The molecule has 2 aromatic rings. The molecule has 2 rings (SSSR count). The van der Waals surface area contributed by atoms with E-state index in [2.05, 4.69) is 0 Å². The first kappa shape index (κ1) is 19.7. The molecule has 8 nitrogen and oxygen atoms in total. The van der Waals surface area contributed by atoms with Crippen LogP contribution in [0, 0.1) is 0 Å². The van der Waals surface area contributed by atoms with Crippen LogP contribution in [-0.2, 0) is 29.1 Å². The van der Waals surface area contributed by atoms with E-state index < -0.39 is 28.8 Å². The van der Waals surface area contributed by atoms with Crippen molar-refractivity contribution in [2.24, 2.45) is 0 Å². The van der Waals surface area contributed by atoms with Gasteiger partial charge in [0.05, 0.1) is 9.79 Å². The second-order valence-electron chi connectivity index (χ2n) is 5.02. The van der Waals surface area contributed by atoms with Gasteiger partial charge in [0.15, 0.2) is 0 Å². The summed E-state index contributed by atoms with van der Waals surface area (Å²) in [6.07, 6.45) is 0. The van der Waals surface area contributed by atoms with E-state index in [1.165, 1.54) is 62.8 Å². The van der Waals surface area contributed by atoms with Gasteiger partial charge < -0.3 is 8.85 Å². The SMILES string of the molecule is CO[Si](OC)(c1ccc(S(=O)(=O)O)cc1)c1ccc(S(=O)(=O)O)cc1. The summed E-state index contributed by atoms with van der Waals surface area (Å²) in [7, 11) is -9.02. The van der Waals surface area contributed by atoms with Crippen LogP contribution in [0.3, 0.4) is 0 Å². The van der Waals surface area contributed by atoms with E-state index in [4.69, 9.17) is 18.0 Å². The van der Waals surface area contributed by atoms with Gasteiger partial charge in [-0.3, -0.25) is 9.11 Å². The van der Waals surface area contributed by atoms with Crippen molar-refractivity contribution >= 4 is 39.2 Å². The first-order valence-electron chi connectivity index (χ1n) is 6.81. The van der Waals surface area contributed by atoms with Crippen molar-refractivity contribution in [2.75, 3.05) is 14.2 Å². The largest absolute Gasteiger partial charge is 0.406 e. The molecule has 0 saturated carbocycles. The van der Waals surface area contributed by atoms with E-state index in [0.29, 0.717) is 10.4 Å². The summed E-state index contributed by atoms with van der Waals surface area (Å²) in [5.41, 5.74) is 0. The van der Waals surface area contributed by atoms with E-state index in [1.807, 2.05) is 0 Å². The van der Waals surface area contributed by atoms with E-state index >= 15 is 0 Å². The molecular weight excluding hydrogens is 388 g/mol. The standard InChI is InChI=1S/C14H16O8S2Si/c1-21-25(22-2,13-7-3-11(4-8-13)23(15,16)17)14-9-5-12(6-10-14)24(18,19)20/h3-10H,1-2H3,(H,15,16,17)(H,18,19,20). The van der Waals surface area contributed by atoms with E-state index in [-0.39, 0.29) is 9.79 Å². The summed E-state index contributed by atoms with van der Waals surface area (Å²) in [5, 5.41) is 1.09. The van der Waals surface area contributed by atoms with Crippen molar-refractivity contribution in [2.45, 2.75) is 9.79 Å². The maximum atomic E-state index is 11.2. The Hall–Kier alpha value is -1.60. The molecule has 2 aromatic carbocycles. The molecule has 0 bridgehead atoms. The van der Waals surface area contributed by atoms with Crippen molar-refractivity contribution < 1.29 is 34.8 Å². The minimum absolute atomic E-state index is 0.270. The molecule has 0 fully saturated rings. The predicted molar refractivity (Wildman–Crippen MR) is 91.6 cm³/mol. The van der Waals surface area contributed by atoms with E-state index in [9.17, 15) is 16.8 Å². The highest BCUT2D eigenvalue weighted by atomic mass is 32.2. The van der Waals surface area contributed by atoms with Crippen LogP contribution in [0.15, 0.2) is 58.3 Å². The van der Waals surface area contributed by atoms with Crippen molar-refractivity contribution in [3.8, 4) is 0 Å². The number of hydrogen-bond donors (Lipinski definition) is 2. The maximum absolute atomic E-state index is 11.2. The first-order chi connectivity index (χ1) is 11.5. The summed E-state index contributed by atoms with van der Waals surface area (Å²) >= 11 is 0. The molecule has 0 aromatic heterocycles. The van der Waals surface area contributed by atoms with Crippen LogP contribution in [0.4, 0.5) is 0 Å². The van der Waals surface area contributed by atoms with Crippen LogP contribution < -0.4 is 10.4 Å². The minimum Gasteiger partial charge on any atom is -0.391 e. The summed E-state index contributed by atoms with van der Waals surface area (Å²) in [4.78, 5) is -0.541. The number of rotatable bonds is 6. The van der Waals surface area contributed by atoms with Gasteiger partial charge in [0.2, 0.25) is 0 Å². The second kappa shape index (κ2) is 6.95. The Morgan fingerprint density at radius 2 is 0.960 bits per heavy atom. The normalized spacial score (nSPS) is 13.0. The highest BCUT2D eigenvalue weighted by Crippen LogP contribution is 2.13. The van der Waals surface area contributed by atoms with Gasteiger partial charge in [0.1, 0.15) is 0 Å². The van der Waals surface area contributed by atoms with Crippen LogP contribution in [0.1, 0.15) is 0 Å². The zero-order valence-electron chi connectivity index (χ0n) is 13.3. The lowest BCUT2D eigenvalue weighted by Gasteiger charge is -2.28. The molecule has 0 aliphatic heterocycles. The molecule has 25 heavy (non-hydrogen) atoms. The minimum atomic E-state index is -4.33. The summed E-state index contributed by atoms with van der Waals surface area (Å²) in [6, 6.07) is 10.7. The fraction of sp³-hybridized carbons (Fsp3) is 0.143. The monoisotopic (exact) mass is 404 g/mol. The quantitative estimate of drug-likeness (QED) is 0.510. The van der Waals surface area contributed by atoms with Crippen LogP contribution in [0.25, 0.3) is 0 Å². The zero-order chi connectivity index (χ0) is 18.9. The van der Waals surface area contributed by atoms with Gasteiger partial charge in [-0.05, 0) is 34.6 Å². The molecule has 0 radical (unpaired) electrons. The van der Waals surface area contributed by atoms with Crippen LogP contribution in [0.2, 0.25) is 0 Å². The second-order valence-corrected chi connectivity index (χ2v) is 11.1. The molecule has 0 heterocycles. The number of hydrogen-bond acceptors (Lipinski definition) is 6. The van der Waals surface area contributed by atoms with Gasteiger partial charge in [-0.2, -0.15) is 16.8 Å². The Bertz CT molecular complexity index is 869. The molecule has 0 aliphatic carbocycles. The third kappa shape index (κ3) is 3.98. The van der Waals surface area contributed by atoms with Gasteiger partial charge in [-0.1, -0.05) is 24.3 Å². The molecule has 0 amide bonds. The van der Waals surface area contributed by atoms with Crippen molar-refractivity contribution in [3.63, 3.8) is 0 Å². The Balaban J connectivity index is 2.55. The van der Waals surface area contributed by atoms with Gasteiger partial charge in [-0.15, -0.1) is 0 Å². The van der Waals surface area contributed by atoms with E-state index in [0.717, 1.165) is 0 Å². The van der Waals surface area contributed by atoms with Crippen LogP contribution >= 0.6 is 0 Å². The Morgan fingerprint density at radius 3 is 1.16 bits per heavy atom. The predicted octanol–water partition coefficient (Wildman–Crippen LogP) is 0.0292. The molecular formula is C14H16O8S2Si. The molecule has 0 saturated heterocycles. The smallest absolute Gasteiger partial charge is 0.391 e. The topological polar surface area (TPSA) is 127 Å². The number of benzene rings is 2. The van der Waals surface area contributed by atoms with Crippen LogP contribution in [0.5, 0.6) is 0 Å². The van der Waals surface area contributed by atoms with Gasteiger partial charge in [0.25, 0.3) is 20.2 Å². The average Bonchev–Trinajstić information content (AvgIpc) is 2.56. The van der Waals surface area contributed by atoms with E-state index in [1.54, 1.807) is 0 Å². The van der Waals surface area contributed by atoms with Crippen molar-refractivity contribution in [3.05, 3.63) is 48.5 Å². The van der Waals surface area contributed by atoms with Crippen molar-refractivity contribution in [1.82, 2.24) is 0 Å². The fourth-order valence-corrected chi connectivity index (χ4v) is 6.03. The van der Waals surface area contributed by atoms with Crippen molar-refractivity contribution in [1.29, 1.82) is 0 Å². The zero-order valence-corrected chi connectivity index (χ0v) is 15.9. The Morgan fingerprint density at radius 1 is 0.680 bits per heavy atom. The fourth-order valence-electron chi connectivity index (χ4n) is 2.41. The van der Waals surface area contributed by atoms with Crippen LogP contribution in [-0.4, -0.2) is 48.7 Å². The molecule has 136 valence electrons. The Labute approximate surface area is 146 Å². The average molecular weight is 404 g/mol. The lowest BCUT2D eigenvalue weighted by Crippen LogP contribution is -2.62. The maximum Gasteiger partial charge on any atom is 0.406 e. The lowest BCUT2D eigenvalue weighted by molar-refractivity contribution is 0.272. The third-order valence-electron chi connectivity index (χ3n) is 3.64. The third-order valence-corrected chi connectivity index (χ3v) is 8.71. The van der Waals surface area contributed by atoms with Gasteiger partial charge >= 0.3 is 8.56 Å². The highest BCUT2D eigenvalue weighted by molar-refractivity contribution is 7.86. The van der Waals surface area contributed by atoms with Gasteiger partial charge in [-0.25, -0.2) is 0 Å². The summed E-state index contributed by atoms with van der Waals surface area (Å²) in [5.74, 6) is 0. The molecule has 0 spiro atoms.